The molecule has 2 aromatic heterocycles. The second-order valence-corrected chi connectivity index (χ2v) is 13.4. The molecule has 238 valence electrons. The molecular formula is C29H32ClN7O7S. The average Bonchev–Trinajstić information content (AvgIpc) is 3.58. The summed E-state index contributed by atoms with van der Waals surface area (Å²) >= 11 is 6.20. The number of halogens is 1. The van der Waals surface area contributed by atoms with Gasteiger partial charge in [0, 0.05) is 35.9 Å². The minimum Gasteiger partial charge on any atom is -0.481 e. The van der Waals surface area contributed by atoms with E-state index in [2.05, 4.69) is 10.8 Å². The summed E-state index contributed by atoms with van der Waals surface area (Å²) in [6.07, 6.45) is 3.72. The lowest BCUT2D eigenvalue weighted by atomic mass is 9.98. The van der Waals surface area contributed by atoms with Gasteiger partial charge in [0.2, 0.25) is 10.0 Å². The maximum atomic E-state index is 13.9. The van der Waals surface area contributed by atoms with Crippen LogP contribution in [0.25, 0.3) is 5.65 Å². The topological polar surface area (TPSA) is 187 Å². The van der Waals surface area contributed by atoms with Gasteiger partial charge in [0.1, 0.15) is 17.8 Å². The first-order valence-electron chi connectivity index (χ1n) is 14.3. The number of aliphatic carboxylic acids is 1. The van der Waals surface area contributed by atoms with Crippen molar-refractivity contribution in [3.8, 4) is 6.07 Å². The van der Waals surface area contributed by atoms with Crippen molar-refractivity contribution >= 4 is 56.6 Å². The predicted octanol–water partition coefficient (Wildman–Crippen LogP) is 3.17. The van der Waals surface area contributed by atoms with E-state index in [0.717, 1.165) is 24.7 Å². The van der Waals surface area contributed by atoms with Gasteiger partial charge in [-0.15, -0.1) is 0 Å². The molecule has 5 rings (SSSR count). The molecule has 2 N–H and O–H groups in total. The number of ether oxygens (including phenoxy) is 1. The number of carboxylic acid groups (broad SMARTS) is 1. The molecule has 2 aliphatic rings. The predicted molar refractivity (Wildman–Crippen MR) is 163 cm³/mol. The third-order valence-corrected chi connectivity index (χ3v) is 8.62. The van der Waals surface area contributed by atoms with Gasteiger partial charge in [0.25, 0.3) is 5.91 Å². The number of esters is 1. The Bertz CT molecular complexity index is 1810. The number of likely N-dealkylation sites (tertiary alicyclic amines) is 1. The molecule has 1 amide bonds. The van der Waals surface area contributed by atoms with E-state index in [1.165, 1.54) is 18.2 Å². The van der Waals surface area contributed by atoms with Gasteiger partial charge in [0.05, 0.1) is 54.7 Å². The highest BCUT2D eigenvalue weighted by molar-refractivity contribution is 7.92. The van der Waals surface area contributed by atoms with Crippen LogP contribution in [0.5, 0.6) is 0 Å². The molecule has 0 spiro atoms. The quantitative estimate of drug-likeness (QED) is 0.322. The van der Waals surface area contributed by atoms with Crippen LogP contribution < -0.4 is 9.62 Å². The number of hydrogen-bond donors (Lipinski definition) is 2. The molecule has 3 unspecified atom stereocenters. The highest BCUT2D eigenvalue weighted by Gasteiger charge is 2.38. The molecule has 3 atom stereocenters. The van der Waals surface area contributed by atoms with Crippen LogP contribution in [-0.4, -0.2) is 82.9 Å². The number of nitriles is 1. The molecule has 2 aliphatic heterocycles. The van der Waals surface area contributed by atoms with Crippen molar-refractivity contribution in [1.82, 2.24) is 19.5 Å². The van der Waals surface area contributed by atoms with Gasteiger partial charge in [-0.3, -0.25) is 19.1 Å². The van der Waals surface area contributed by atoms with Gasteiger partial charge < -0.3 is 19.6 Å². The minimum absolute atomic E-state index is 0.138. The van der Waals surface area contributed by atoms with Gasteiger partial charge >= 0.3 is 11.9 Å². The summed E-state index contributed by atoms with van der Waals surface area (Å²) < 4.78 is 33.4. The summed E-state index contributed by atoms with van der Waals surface area (Å²) in [7, 11) is -3.65. The lowest BCUT2D eigenvalue weighted by Crippen LogP contribution is -2.39. The molecule has 14 nitrogen and oxygen atoms in total. The number of aromatic nitrogens is 3. The number of amides is 1. The molecule has 4 heterocycles. The van der Waals surface area contributed by atoms with Crippen LogP contribution in [0, 0.1) is 24.2 Å². The number of piperidine rings is 1. The number of hydrogen-bond acceptors (Lipinski definition) is 10. The van der Waals surface area contributed by atoms with Gasteiger partial charge in [-0.05, 0) is 44.4 Å². The monoisotopic (exact) mass is 657 g/mol. The number of benzene rings is 1. The third kappa shape index (κ3) is 7.29. The summed E-state index contributed by atoms with van der Waals surface area (Å²) in [5, 5.41) is 23.6. The van der Waals surface area contributed by atoms with Crippen molar-refractivity contribution in [2.24, 2.45) is 5.92 Å². The van der Waals surface area contributed by atoms with Crippen LogP contribution in [0.15, 0.2) is 30.5 Å². The number of rotatable bonds is 9. The van der Waals surface area contributed by atoms with E-state index in [0.29, 0.717) is 35.1 Å². The molecule has 2 saturated heterocycles. The van der Waals surface area contributed by atoms with Crippen LogP contribution in [0.3, 0.4) is 0 Å². The van der Waals surface area contributed by atoms with Crippen LogP contribution in [-0.2, 0) is 24.3 Å². The minimum atomic E-state index is -3.65. The number of nitrogens with one attached hydrogen (secondary N) is 1. The second kappa shape index (κ2) is 12.9. The molecule has 0 radical (unpaired) electrons. The highest BCUT2D eigenvalue weighted by Crippen LogP contribution is 2.35. The number of nitrogens with zero attached hydrogens (tertiary/aromatic N) is 6. The Labute approximate surface area is 264 Å². The smallest absolute Gasteiger partial charge is 0.306 e. The van der Waals surface area contributed by atoms with Gasteiger partial charge in [-0.2, -0.15) is 10.4 Å². The molecule has 1 aromatic carbocycles. The van der Waals surface area contributed by atoms with Gasteiger partial charge in [0.15, 0.2) is 5.65 Å². The van der Waals surface area contributed by atoms with Crippen LogP contribution in [0.1, 0.15) is 59.8 Å². The number of sulfonamides is 1. The molecule has 45 heavy (non-hydrogen) atoms. The maximum Gasteiger partial charge on any atom is 0.306 e. The molecule has 3 aromatic rings. The van der Waals surface area contributed by atoms with Crippen molar-refractivity contribution in [2.45, 2.75) is 51.2 Å². The summed E-state index contributed by atoms with van der Waals surface area (Å²) in [5.41, 5.74) is 2.17. The van der Waals surface area contributed by atoms with Crippen LogP contribution >= 0.6 is 11.6 Å². The zero-order valence-corrected chi connectivity index (χ0v) is 26.2. The molecule has 0 saturated carbocycles. The number of carboxylic acids is 1. The number of anilines is 2. The van der Waals surface area contributed by atoms with E-state index in [4.69, 9.17) is 31.5 Å². The Morgan fingerprint density at radius 3 is 2.69 bits per heavy atom. The summed E-state index contributed by atoms with van der Waals surface area (Å²) in [6, 6.07) is 8.00. The fourth-order valence-corrected chi connectivity index (χ4v) is 6.50. The Hall–Kier alpha value is -4.42. The van der Waals surface area contributed by atoms with Crippen molar-refractivity contribution in [3.63, 3.8) is 0 Å². The lowest BCUT2D eigenvalue weighted by Gasteiger charge is -2.35. The average molecular weight is 658 g/mol. The zero-order chi connectivity index (χ0) is 32.5. The Morgan fingerprint density at radius 2 is 1.98 bits per heavy atom. The fraction of sp³-hybridized carbons (Fsp3) is 0.448. The largest absolute Gasteiger partial charge is 0.481 e. The third-order valence-electron chi connectivity index (χ3n) is 7.79. The fourth-order valence-electron chi connectivity index (χ4n) is 5.75. The van der Waals surface area contributed by atoms with E-state index >= 15 is 0 Å². The standard InChI is InChI=1S/C29H32ClN7O7S/c1-17-14-37-25(32-28(17)35-15-18(13-31)24(16-35)44-27(40)9-8-26(38)39)12-22(33-37)23-5-3-4-10-36(23)29(41)20-11-19(30)6-7-21(20)34-45(2,42)43/h6-7,11-12,14,18,23-24,34H,3-5,8-10,15-16H2,1-2H3,(H,38,39). The lowest BCUT2D eigenvalue weighted by molar-refractivity contribution is -0.152. The van der Waals surface area contributed by atoms with E-state index in [-0.39, 0.29) is 43.1 Å². The van der Waals surface area contributed by atoms with E-state index in [1.807, 2.05) is 11.8 Å². The second-order valence-electron chi connectivity index (χ2n) is 11.3. The molecule has 16 heteroatoms. The summed E-state index contributed by atoms with van der Waals surface area (Å²) in [5.74, 6) is -2.19. The van der Waals surface area contributed by atoms with Crippen molar-refractivity contribution in [1.29, 1.82) is 5.26 Å². The summed E-state index contributed by atoms with van der Waals surface area (Å²) in [4.78, 5) is 45.2. The van der Waals surface area contributed by atoms with Gasteiger partial charge in [-0.1, -0.05) is 11.6 Å². The Morgan fingerprint density at radius 1 is 1.20 bits per heavy atom. The maximum absolute atomic E-state index is 13.9. The van der Waals surface area contributed by atoms with Gasteiger partial charge in [-0.25, -0.2) is 17.9 Å². The highest BCUT2D eigenvalue weighted by atomic mass is 35.5. The van der Waals surface area contributed by atoms with Crippen LogP contribution in [0.2, 0.25) is 5.02 Å². The first-order valence-corrected chi connectivity index (χ1v) is 16.6. The molecule has 0 aliphatic carbocycles. The molecule has 0 bridgehead atoms. The summed E-state index contributed by atoms with van der Waals surface area (Å²) in [6.45, 7) is 2.78. The number of fused-ring (bicyclic) bond motifs is 1. The van der Waals surface area contributed by atoms with Crippen molar-refractivity contribution in [3.05, 3.63) is 52.3 Å². The van der Waals surface area contributed by atoms with E-state index in [1.54, 1.807) is 21.7 Å². The number of aryl methyl sites for hydroxylation is 1. The van der Waals surface area contributed by atoms with Crippen LogP contribution in [0.4, 0.5) is 11.5 Å². The first kappa shape index (κ1) is 32.0. The number of carbonyl (C=O) groups excluding carboxylic acids is 2. The van der Waals surface area contributed by atoms with Crippen molar-refractivity contribution < 1.29 is 32.6 Å². The molecular weight excluding hydrogens is 626 g/mol. The zero-order valence-electron chi connectivity index (χ0n) is 24.6. The molecule has 2 fully saturated rings. The van der Waals surface area contributed by atoms with Crippen molar-refractivity contribution in [2.75, 3.05) is 35.5 Å². The normalized spacial score (nSPS) is 20.2. The van der Waals surface area contributed by atoms with E-state index in [9.17, 15) is 28.1 Å². The van der Waals surface area contributed by atoms with E-state index < -0.39 is 40.0 Å². The first-order chi connectivity index (χ1) is 21.3. The Balaban J connectivity index is 1.40. The SMILES string of the molecule is Cc1cn2nc(C3CCCCN3C(=O)c3cc(Cl)ccc3NS(C)(=O)=O)cc2nc1N1CC(C#N)C(OC(=O)CCC(=O)O)C1. The Kier molecular flexibility index (Phi) is 9.17. The number of carbonyl (C=O) groups is 3.